The van der Waals surface area contributed by atoms with Gasteiger partial charge >= 0.3 is 5.38 Å². The van der Waals surface area contributed by atoms with Gasteiger partial charge in [-0.1, -0.05) is 6.58 Å². The first-order chi connectivity index (χ1) is 3.48. The van der Waals surface area contributed by atoms with Crippen molar-refractivity contribution in [1.82, 2.24) is 0 Å². The average molecular weight is 141 g/mol. The standard InChI is InChI=1S/C4H3ClF2O/c1-2-3(8)4(5,6)7/h2H,1H2. The summed E-state index contributed by atoms with van der Waals surface area (Å²) in [5, 5.41) is -3.78. The summed E-state index contributed by atoms with van der Waals surface area (Å²) >= 11 is 4.23. The van der Waals surface area contributed by atoms with Crippen LogP contribution in [0.25, 0.3) is 0 Å². The monoisotopic (exact) mass is 140 g/mol. The van der Waals surface area contributed by atoms with E-state index in [0.29, 0.717) is 6.08 Å². The Bertz CT molecular complexity index is 116. The van der Waals surface area contributed by atoms with Crippen LogP contribution < -0.4 is 0 Å². The molecule has 0 fully saturated rings. The molecular weight excluding hydrogens is 137 g/mol. The topological polar surface area (TPSA) is 17.1 Å². The van der Waals surface area contributed by atoms with Crippen molar-refractivity contribution in [2.75, 3.05) is 0 Å². The maximum Gasteiger partial charge on any atom is 0.384 e. The SMILES string of the molecule is C=CC(=O)C(F)(F)Cl. The fourth-order valence-electron chi connectivity index (χ4n) is 0.116. The molecule has 0 spiro atoms. The van der Waals surface area contributed by atoms with Gasteiger partial charge < -0.3 is 0 Å². The van der Waals surface area contributed by atoms with Crippen LogP contribution in [0.1, 0.15) is 0 Å². The Morgan fingerprint density at radius 1 is 1.75 bits per heavy atom. The Morgan fingerprint density at radius 3 is 2.12 bits per heavy atom. The van der Waals surface area contributed by atoms with Crippen LogP contribution in [0.15, 0.2) is 12.7 Å². The van der Waals surface area contributed by atoms with E-state index in [-0.39, 0.29) is 0 Å². The van der Waals surface area contributed by atoms with Crippen LogP contribution in [0, 0.1) is 0 Å². The molecule has 0 bridgehead atoms. The fourth-order valence-corrected chi connectivity index (χ4v) is 0.193. The number of ketones is 1. The number of rotatable bonds is 2. The van der Waals surface area contributed by atoms with E-state index >= 15 is 0 Å². The molecule has 0 aromatic carbocycles. The molecule has 0 heterocycles. The van der Waals surface area contributed by atoms with E-state index in [0.717, 1.165) is 0 Å². The van der Waals surface area contributed by atoms with Crippen molar-refractivity contribution in [3.05, 3.63) is 12.7 Å². The van der Waals surface area contributed by atoms with E-state index < -0.39 is 11.2 Å². The summed E-state index contributed by atoms with van der Waals surface area (Å²) in [5.41, 5.74) is 0. The number of hydrogen-bond donors (Lipinski definition) is 0. The number of allylic oxidation sites excluding steroid dienone is 1. The number of carbonyl (C=O) groups is 1. The van der Waals surface area contributed by atoms with Crippen molar-refractivity contribution >= 4 is 17.4 Å². The van der Waals surface area contributed by atoms with Crippen LogP contribution in [-0.4, -0.2) is 11.2 Å². The highest BCUT2D eigenvalue weighted by atomic mass is 35.5. The maximum atomic E-state index is 11.5. The molecule has 0 aromatic heterocycles. The van der Waals surface area contributed by atoms with Gasteiger partial charge in [-0.2, -0.15) is 8.78 Å². The molecule has 46 valence electrons. The fraction of sp³-hybridized carbons (Fsp3) is 0.250. The van der Waals surface area contributed by atoms with Gasteiger partial charge in [-0.25, -0.2) is 0 Å². The predicted molar refractivity (Wildman–Crippen MR) is 26.0 cm³/mol. The van der Waals surface area contributed by atoms with Crippen molar-refractivity contribution in [3.8, 4) is 0 Å². The molecule has 0 aliphatic carbocycles. The van der Waals surface area contributed by atoms with Gasteiger partial charge in [0.15, 0.2) is 0 Å². The Hall–Kier alpha value is -0.440. The molecule has 0 rings (SSSR count). The first-order valence-electron chi connectivity index (χ1n) is 1.72. The molecule has 0 amide bonds. The molecule has 0 radical (unpaired) electrons. The minimum Gasteiger partial charge on any atom is -0.287 e. The summed E-state index contributed by atoms with van der Waals surface area (Å²) in [5.74, 6) is -1.47. The lowest BCUT2D eigenvalue weighted by molar-refractivity contribution is -0.128. The summed E-state index contributed by atoms with van der Waals surface area (Å²) in [6, 6.07) is 0. The molecule has 0 aliphatic heterocycles. The zero-order chi connectivity index (χ0) is 6.78. The molecule has 0 aromatic rings. The second-order valence-electron chi connectivity index (χ2n) is 1.07. The van der Waals surface area contributed by atoms with Crippen molar-refractivity contribution in [2.24, 2.45) is 0 Å². The molecule has 0 aliphatic rings. The quantitative estimate of drug-likeness (QED) is 0.420. The van der Waals surface area contributed by atoms with Crippen LogP contribution in [0.4, 0.5) is 8.78 Å². The third-order valence-corrected chi connectivity index (χ3v) is 0.651. The van der Waals surface area contributed by atoms with Crippen LogP contribution in [0.5, 0.6) is 0 Å². The second kappa shape index (κ2) is 2.22. The van der Waals surface area contributed by atoms with Gasteiger partial charge in [-0.3, -0.25) is 4.79 Å². The predicted octanol–water partition coefficient (Wildman–Crippen LogP) is 1.57. The summed E-state index contributed by atoms with van der Waals surface area (Å²) in [6.07, 6.45) is 0.479. The molecule has 4 heteroatoms. The largest absolute Gasteiger partial charge is 0.384 e. The minimum atomic E-state index is -3.78. The van der Waals surface area contributed by atoms with Crippen LogP contribution in [0.2, 0.25) is 0 Å². The smallest absolute Gasteiger partial charge is 0.287 e. The highest BCUT2D eigenvalue weighted by Gasteiger charge is 2.32. The summed E-state index contributed by atoms with van der Waals surface area (Å²) in [4.78, 5) is 9.83. The van der Waals surface area contributed by atoms with E-state index in [1.165, 1.54) is 0 Å². The van der Waals surface area contributed by atoms with Gasteiger partial charge in [0.05, 0.1) is 0 Å². The van der Waals surface area contributed by atoms with E-state index in [2.05, 4.69) is 18.2 Å². The Morgan fingerprint density at radius 2 is 2.12 bits per heavy atom. The van der Waals surface area contributed by atoms with Gasteiger partial charge in [-0.05, 0) is 17.7 Å². The zero-order valence-corrected chi connectivity index (χ0v) is 4.58. The minimum absolute atomic E-state index is 0.479. The summed E-state index contributed by atoms with van der Waals surface area (Å²) in [7, 11) is 0. The first-order valence-corrected chi connectivity index (χ1v) is 2.10. The van der Waals surface area contributed by atoms with E-state index in [4.69, 9.17) is 0 Å². The molecule has 1 nitrogen and oxygen atoms in total. The van der Waals surface area contributed by atoms with Gasteiger partial charge in [0, 0.05) is 0 Å². The van der Waals surface area contributed by atoms with E-state index in [9.17, 15) is 13.6 Å². The van der Waals surface area contributed by atoms with Crippen LogP contribution in [-0.2, 0) is 4.79 Å². The van der Waals surface area contributed by atoms with Gasteiger partial charge in [0.2, 0.25) is 5.78 Å². The first kappa shape index (κ1) is 7.56. The molecule has 0 atom stereocenters. The third-order valence-electron chi connectivity index (χ3n) is 0.465. The Labute approximate surface area is 49.9 Å². The molecule has 8 heavy (non-hydrogen) atoms. The lowest BCUT2D eigenvalue weighted by Gasteiger charge is -1.98. The molecule has 0 N–H and O–H groups in total. The van der Waals surface area contributed by atoms with Gasteiger partial charge in [-0.15, -0.1) is 0 Å². The van der Waals surface area contributed by atoms with Gasteiger partial charge in [0.1, 0.15) is 0 Å². The lowest BCUT2D eigenvalue weighted by Crippen LogP contribution is -2.17. The number of alkyl halides is 3. The van der Waals surface area contributed by atoms with Crippen molar-refractivity contribution in [1.29, 1.82) is 0 Å². The average Bonchev–Trinajstić information content (AvgIpc) is 1.62. The maximum absolute atomic E-state index is 11.5. The van der Waals surface area contributed by atoms with E-state index in [1.54, 1.807) is 0 Å². The molecule has 0 saturated heterocycles. The van der Waals surface area contributed by atoms with Crippen molar-refractivity contribution in [3.63, 3.8) is 0 Å². The summed E-state index contributed by atoms with van der Waals surface area (Å²) in [6.45, 7) is 2.81. The molecule has 0 unspecified atom stereocenters. The zero-order valence-electron chi connectivity index (χ0n) is 3.83. The lowest BCUT2D eigenvalue weighted by atomic mass is 10.4. The summed E-state index contributed by atoms with van der Waals surface area (Å²) < 4.78 is 22.9. The highest BCUT2D eigenvalue weighted by molar-refractivity contribution is 6.34. The van der Waals surface area contributed by atoms with Crippen molar-refractivity contribution in [2.45, 2.75) is 5.38 Å². The second-order valence-corrected chi connectivity index (χ2v) is 1.54. The van der Waals surface area contributed by atoms with Crippen molar-refractivity contribution < 1.29 is 13.6 Å². The Kier molecular flexibility index (Phi) is 2.10. The highest BCUT2D eigenvalue weighted by Crippen LogP contribution is 2.19. The number of hydrogen-bond acceptors (Lipinski definition) is 1. The van der Waals surface area contributed by atoms with Crippen LogP contribution >= 0.6 is 11.6 Å². The normalized spacial score (nSPS) is 10.9. The van der Waals surface area contributed by atoms with E-state index in [1.807, 2.05) is 0 Å². The van der Waals surface area contributed by atoms with Gasteiger partial charge in [0.25, 0.3) is 0 Å². The van der Waals surface area contributed by atoms with Crippen LogP contribution in [0.3, 0.4) is 0 Å². The third kappa shape index (κ3) is 2.02. The number of halogens is 3. The number of carbonyl (C=O) groups excluding carboxylic acids is 1. The molecular formula is C4H3ClF2O. The molecule has 0 saturated carbocycles. The Balaban J connectivity index is 4.02.